The number of fused-ring (bicyclic) bond motifs is 1. The zero-order valence-electron chi connectivity index (χ0n) is 16.1. The maximum Gasteiger partial charge on any atom is 0.333 e. The number of aliphatic hydroxyl groups is 2. The Labute approximate surface area is 146 Å². The van der Waals surface area contributed by atoms with E-state index in [2.05, 4.69) is 20.8 Å². The van der Waals surface area contributed by atoms with Crippen molar-refractivity contribution in [2.24, 2.45) is 17.3 Å². The first-order valence-electron chi connectivity index (χ1n) is 9.25. The highest BCUT2D eigenvalue weighted by molar-refractivity contribution is 5.87. The maximum absolute atomic E-state index is 12.2. The molecular weight excluding hydrogens is 304 g/mol. The lowest BCUT2D eigenvalue weighted by atomic mass is 9.67. The Morgan fingerprint density at radius 1 is 1.21 bits per heavy atom. The Hall–Kier alpha value is -0.870. The second-order valence-electron chi connectivity index (χ2n) is 8.80. The summed E-state index contributed by atoms with van der Waals surface area (Å²) in [5.74, 6) is 0.242. The van der Waals surface area contributed by atoms with Gasteiger partial charge in [0.1, 0.15) is 6.10 Å². The van der Waals surface area contributed by atoms with Gasteiger partial charge in [0.05, 0.1) is 11.2 Å². The molecule has 2 aliphatic carbocycles. The van der Waals surface area contributed by atoms with E-state index in [4.69, 9.17) is 4.74 Å². The highest BCUT2D eigenvalue weighted by Crippen LogP contribution is 2.59. The molecule has 0 amide bonds. The molecule has 0 saturated heterocycles. The molecule has 0 aliphatic heterocycles. The molecule has 0 bridgehead atoms. The van der Waals surface area contributed by atoms with Crippen molar-refractivity contribution in [3.63, 3.8) is 0 Å². The normalized spacial score (nSPS) is 43.5. The SMILES string of the molecule is C/C=C(\C)C(=O)O[C@@H]1C[C@@]2(C)CC[C@H](C(C)C)[C@]2(O)CC[C@@]1(C)O. The summed E-state index contributed by atoms with van der Waals surface area (Å²) in [6.45, 7) is 11.7. The zero-order chi connectivity index (χ0) is 18.3. The first-order chi connectivity index (χ1) is 11.0. The molecule has 0 aromatic carbocycles. The number of carbonyl (C=O) groups excluding carboxylic acids is 1. The van der Waals surface area contributed by atoms with Gasteiger partial charge in [-0.15, -0.1) is 0 Å². The van der Waals surface area contributed by atoms with E-state index >= 15 is 0 Å². The Morgan fingerprint density at radius 3 is 2.38 bits per heavy atom. The van der Waals surface area contributed by atoms with Gasteiger partial charge in [-0.2, -0.15) is 0 Å². The van der Waals surface area contributed by atoms with Crippen molar-refractivity contribution in [1.29, 1.82) is 0 Å². The fourth-order valence-electron chi connectivity index (χ4n) is 4.77. The monoisotopic (exact) mass is 338 g/mol. The predicted octanol–water partition coefficient (Wildman–Crippen LogP) is 3.60. The van der Waals surface area contributed by atoms with Crippen LogP contribution < -0.4 is 0 Å². The van der Waals surface area contributed by atoms with Crippen LogP contribution in [0.1, 0.15) is 73.6 Å². The molecule has 2 fully saturated rings. The van der Waals surface area contributed by atoms with Gasteiger partial charge in [-0.1, -0.05) is 26.8 Å². The number of carbonyl (C=O) groups is 1. The van der Waals surface area contributed by atoms with Crippen molar-refractivity contribution >= 4 is 5.97 Å². The van der Waals surface area contributed by atoms with Crippen LogP contribution in [0.4, 0.5) is 0 Å². The molecule has 2 N–H and O–H groups in total. The fourth-order valence-corrected chi connectivity index (χ4v) is 4.77. The van der Waals surface area contributed by atoms with Crippen molar-refractivity contribution in [2.45, 2.75) is 91.0 Å². The van der Waals surface area contributed by atoms with Crippen LogP contribution in [-0.2, 0) is 9.53 Å². The van der Waals surface area contributed by atoms with E-state index in [-0.39, 0.29) is 17.3 Å². The first kappa shape index (κ1) is 19.5. The first-order valence-corrected chi connectivity index (χ1v) is 9.25. The molecule has 5 atom stereocenters. The third kappa shape index (κ3) is 3.15. The van der Waals surface area contributed by atoms with Crippen molar-refractivity contribution < 1.29 is 19.7 Å². The second kappa shape index (κ2) is 6.45. The Bertz CT molecular complexity index is 522. The van der Waals surface area contributed by atoms with E-state index in [1.54, 1.807) is 26.8 Å². The molecule has 24 heavy (non-hydrogen) atoms. The van der Waals surface area contributed by atoms with Crippen LogP contribution in [0.3, 0.4) is 0 Å². The van der Waals surface area contributed by atoms with Crippen LogP contribution in [0, 0.1) is 17.3 Å². The number of esters is 1. The standard InChI is InChI=1S/C20H34O4/c1-7-14(4)17(21)24-16-12-18(5)9-8-15(13(2)3)20(18,23)11-10-19(16,6)22/h7,13,15-16,22-23H,8-12H2,1-6H3/b14-7+/t15-,16-,18-,19-,20-/m1/s1. The summed E-state index contributed by atoms with van der Waals surface area (Å²) in [4.78, 5) is 12.2. The van der Waals surface area contributed by atoms with Crippen LogP contribution in [-0.4, -0.2) is 33.5 Å². The van der Waals surface area contributed by atoms with Crippen LogP contribution in [0.5, 0.6) is 0 Å². The molecule has 2 aliphatic rings. The molecule has 4 heteroatoms. The summed E-state index contributed by atoms with van der Waals surface area (Å²) in [7, 11) is 0. The summed E-state index contributed by atoms with van der Waals surface area (Å²) in [6.07, 6.45) is 4.51. The minimum absolute atomic E-state index is 0.227. The van der Waals surface area contributed by atoms with E-state index in [1.165, 1.54) is 0 Å². The van der Waals surface area contributed by atoms with Crippen LogP contribution >= 0.6 is 0 Å². The minimum Gasteiger partial charge on any atom is -0.456 e. The number of rotatable bonds is 3. The maximum atomic E-state index is 12.2. The largest absolute Gasteiger partial charge is 0.456 e. The molecule has 0 spiro atoms. The van der Waals surface area contributed by atoms with Crippen LogP contribution in [0.15, 0.2) is 11.6 Å². The average Bonchev–Trinajstić information content (AvgIpc) is 2.72. The van der Waals surface area contributed by atoms with E-state index in [0.717, 1.165) is 12.8 Å². The summed E-state index contributed by atoms with van der Waals surface area (Å²) < 4.78 is 5.69. The number of ether oxygens (including phenoxy) is 1. The van der Waals surface area contributed by atoms with Crippen LogP contribution in [0.2, 0.25) is 0 Å². The van der Waals surface area contributed by atoms with Gasteiger partial charge in [0, 0.05) is 11.0 Å². The predicted molar refractivity (Wildman–Crippen MR) is 94.4 cm³/mol. The molecule has 2 saturated carbocycles. The van der Waals surface area contributed by atoms with E-state index in [9.17, 15) is 15.0 Å². The smallest absolute Gasteiger partial charge is 0.333 e. The van der Waals surface area contributed by atoms with Crippen molar-refractivity contribution in [2.75, 3.05) is 0 Å². The number of hydrogen-bond donors (Lipinski definition) is 2. The van der Waals surface area contributed by atoms with Gasteiger partial charge in [0.25, 0.3) is 0 Å². The molecule has 2 rings (SSSR count). The van der Waals surface area contributed by atoms with Gasteiger partial charge in [-0.3, -0.25) is 0 Å². The molecule has 0 unspecified atom stereocenters. The van der Waals surface area contributed by atoms with E-state index in [0.29, 0.717) is 30.8 Å². The lowest BCUT2D eigenvalue weighted by molar-refractivity contribution is -0.163. The summed E-state index contributed by atoms with van der Waals surface area (Å²) in [5, 5.41) is 22.5. The van der Waals surface area contributed by atoms with Crippen molar-refractivity contribution in [1.82, 2.24) is 0 Å². The molecule has 0 aromatic rings. The molecule has 0 aromatic heterocycles. The lowest BCUT2D eigenvalue weighted by Gasteiger charge is -2.43. The Kier molecular flexibility index (Phi) is 5.23. The third-order valence-electron chi connectivity index (χ3n) is 6.82. The summed E-state index contributed by atoms with van der Waals surface area (Å²) >= 11 is 0. The quantitative estimate of drug-likeness (QED) is 0.609. The molecular formula is C20H34O4. The van der Waals surface area contributed by atoms with Gasteiger partial charge in [0.2, 0.25) is 0 Å². The highest BCUT2D eigenvalue weighted by Gasteiger charge is 2.61. The summed E-state index contributed by atoms with van der Waals surface area (Å²) in [5.41, 5.74) is -1.71. The average molecular weight is 338 g/mol. The van der Waals surface area contributed by atoms with Gasteiger partial charge >= 0.3 is 5.97 Å². The van der Waals surface area contributed by atoms with E-state index < -0.39 is 17.3 Å². The molecule has 138 valence electrons. The highest BCUT2D eigenvalue weighted by atomic mass is 16.6. The van der Waals surface area contributed by atoms with Gasteiger partial charge in [-0.05, 0) is 64.7 Å². The molecule has 0 radical (unpaired) electrons. The van der Waals surface area contributed by atoms with Gasteiger partial charge in [-0.25, -0.2) is 4.79 Å². The molecule has 0 heterocycles. The van der Waals surface area contributed by atoms with E-state index in [1.807, 2.05) is 0 Å². The number of hydrogen-bond acceptors (Lipinski definition) is 4. The number of allylic oxidation sites excluding steroid dienone is 1. The fraction of sp³-hybridized carbons (Fsp3) is 0.850. The Balaban J connectivity index is 2.32. The van der Waals surface area contributed by atoms with Crippen molar-refractivity contribution in [3.05, 3.63) is 11.6 Å². The third-order valence-corrected chi connectivity index (χ3v) is 6.82. The van der Waals surface area contributed by atoms with Crippen molar-refractivity contribution in [3.8, 4) is 0 Å². The topological polar surface area (TPSA) is 66.8 Å². The van der Waals surface area contributed by atoms with Gasteiger partial charge < -0.3 is 14.9 Å². The molecule has 4 nitrogen and oxygen atoms in total. The minimum atomic E-state index is -1.12. The van der Waals surface area contributed by atoms with Crippen LogP contribution in [0.25, 0.3) is 0 Å². The van der Waals surface area contributed by atoms with Gasteiger partial charge in [0.15, 0.2) is 0 Å². The summed E-state index contributed by atoms with van der Waals surface area (Å²) in [6, 6.07) is 0. The second-order valence-corrected chi connectivity index (χ2v) is 8.80. The lowest BCUT2D eigenvalue weighted by Crippen LogP contribution is -2.48. The Morgan fingerprint density at radius 2 is 1.83 bits per heavy atom. The zero-order valence-corrected chi connectivity index (χ0v) is 16.1.